The zero-order valence-corrected chi connectivity index (χ0v) is 16.7. The molecule has 2 amide bonds. The number of amides is 2. The number of piperazine rings is 1. The monoisotopic (exact) mass is 397 g/mol. The second kappa shape index (κ2) is 7.84. The van der Waals surface area contributed by atoms with Crippen molar-refractivity contribution in [3.63, 3.8) is 0 Å². The van der Waals surface area contributed by atoms with E-state index in [0.717, 1.165) is 18.8 Å². The Morgan fingerprint density at radius 2 is 1.71 bits per heavy atom. The predicted octanol–water partition coefficient (Wildman–Crippen LogP) is 3.35. The Morgan fingerprint density at radius 3 is 2.43 bits per heavy atom. The summed E-state index contributed by atoms with van der Waals surface area (Å²) < 4.78 is 0. The van der Waals surface area contributed by atoms with Crippen LogP contribution < -0.4 is 9.80 Å². The van der Waals surface area contributed by atoms with Gasteiger partial charge in [-0.15, -0.1) is 0 Å². The van der Waals surface area contributed by atoms with Gasteiger partial charge in [-0.05, 0) is 42.8 Å². The lowest BCUT2D eigenvalue weighted by atomic mass is 10.1. The summed E-state index contributed by atoms with van der Waals surface area (Å²) in [5.74, 6) is -0.210. The van der Waals surface area contributed by atoms with Crippen molar-refractivity contribution >= 4 is 34.8 Å². The fourth-order valence-corrected chi connectivity index (χ4v) is 4.22. The average Bonchev–Trinajstić information content (AvgIpc) is 3.09. The zero-order valence-electron chi connectivity index (χ0n) is 16.0. The molecule has 146 valence electrons. The Balaban J connectivity index is 1.37. The molecule has 2 aromatic rings. The maximum atomic E-state index is 13.0. The van der Waals surface area contributed by atoms with Gasteiger partial charge in [0, 0.05) is 55.5 Å². The Kier molecular flexibility index (Phi) is 5.27. The summed E-state index contributed by atoms with van der Waals surface area (Å²) in [6, 6.07) is 15.7. The molecular weight excluding hydrogens is 374 g/mol. The first-order valence-corrected chi connectivity index (χ1v) is 10.1. The van der Waals surface area contributed by atoms with Crippen molar-refractivity contribution in [3.8, 4) is 0 Å². The third-order valence-electron chi connectivity index (χ3n) is 5.55. The number of halogens is 1. The molecule has 2 aromatic carbocycles. The Bertz CT molecular complexity index is 893. The van der Waals surface area contributed by atoms with Crippen molar-refractivity contribution in [2.24, 2.45) is 5.92 Å². The van der Waals surface area contributed by atoms with Gasteiger partial charge in [-0.3, -0.25) is 9.59 Å². The van der Waals surface area contributed by atoms with Gasteiger partial charge in [0.2, 0.25) is 11.8 Å². The molecule has 2 saturated heterocycles. The summed E-state index contributed by atoms with van der Waals surface area (Å²) in [5, 5.41) is 0.590. The summed E-state index contributed by atoms with van der Waals surface area (Å²) in [4.78, 5) is 31.3. The predicted molar refractivity (Wildman–Crippen MR) is 112 cm³/mol. The SMILES string of the molecule is Cc1cccc(N2CCN(C(=O)C3CC(=O)N(c4cccc(Cl)c4)C3)CC2)c1. The third kappa shape index (κ3) is 3.85. The van der Waals surface area contributed by atoms with Crippen LogP contribution in [0.25, 0.3) is 0 Å². The van der Waals surface area contributed by atoms with Gasteiger partial charge >= 0.3 is 0 Å². The number of nitrogens with zero attached hydrogens (tertiary/aromatic N) is 3. The number of benzene rings is 2. The highest BCUT2D eigenvalue weighted by Crippen LogP contribution is 2.28. The number of hydrogen-bond donors (Lipinski definition) is 0. The van der Waals surface area contributed by atoms with E-state index in [4.69, 9.17) is 11.6 Å². The Morgan fingerprint density at radius 1 is 1.00 bits per heavy atom. The molecular formula is C22H24ClN3O2. The van der Waals surface area contributed by atoms with Crippen LogP contribution >= 0.6 is 11.6 Å². The number of carbonyl (C=O) groups is 2. The molecule has 2 aliphatic heterocycles. The van der Waals surface area contributed by atoms with Gasteiger partial charge in [-0.25, -0.2) is 0 Å². The third-order valence-corrected chi connectivity index (χ3v) is 5.79. The van der Waals surface area contributed by atoms with Crippen molar-refractivity contribution < 1.29 is 9.59 Å². The number of carbonyl (C=O) groups excluding carboxylic acids is 2. The maximum absolute atomic E-state index is 13.0. The van der Waals surface area contributed by atoms with Crippen LogP contribution in [0.15, 0.2) is 48.5 Å². The van der Waals surface area contributed by atoms with Crippen LogP contribution in [0.3, 0.4) is 0 Å². The van der Waals surface area contributed by atoms with E-state index in [1.807, 2.05) is 17.0 Å². The van der Waals surface area contributed by atoms with Crippen molar-refractivity contribution in [2.45, 2.75) is 13.3 Å². The summed E-state index contributed by atoms with van der Waals surface area (Å²) in [6.07, 6.45) is 0.267. The van der Waals surface area contributed by atoms with Gasteiger partial charge < -0.3 is 14.7 Å². The molecule has 2 heterocycles. The molecule has 0 spiro atoms. The summed E-state index contributed by atoms with van der Waals surface area (Å²) >= 11 is 6.05. The first-order chi connectivity index (χ1) is 13.5. The first kappa shape index (κ1) is 18.8. The second-order valence-corrected chi connectivity index (χ2v) is 7.97. The number of anilines is 2. The second-order valence-electron chi connectivity index (χ2n) is 7.54. The number of hydrogen-bond acceptors (Lipinski definition) is 3. The lowest BCUT2D eigenvalue weighted by molar-refractivity contribution is -0.136. The summed E-state index contributed by atoms with van der Waals surface area (Å²) in [6.45, 7) is 5.52. The fraction of sp³-hybridized carbons (Fsp3) is 0.364. The molecule has 0 radical (unpaired) electrons. The Labute approximate surface area is 170 Å². The van der Waals surface area contributed by atoms with E-state index in [9.17, 15) is 9.59 Å². The molecule has 4 rings (SSSR count). The molecule has 2 fully saturated rings. The molecule has 1 atom stereocenters. The van der Waals surface area contributed by atoms with Crippen LogP contribution in [0.5, 0.6) is 0 Å². The van der Waals surface area contributed by atoms with Crippen molar-refractivity contribution in [2.75, 3.05) is 42.5 Å². The average molecular weight is 398 g/mol. The van der Waals surface area contributed by atoms with Gasteiger partial charge in [-0.1, -0.05) is 29.8 Å². The van der Waals surface area contributed by atoms with Crippen LogP contribution in [0.2, 0.25) is 5.02 Å². The summed E-state index contributed by atoms with van der Waals surface area (Å²) in [7, 11) is 0. The van der Waals surface area contributed by atoms with Gasteiger partial charge in [0.15, 0.2) is 0 Å². The van der Waals surface area contributed by atoms with Gasteiger partial charge in [0.25, 0.3) is 0 Å². The van der Waals surface area contributed by atoms with Gasteiger partial charge in [0.1, 0.15) is 0 Å². The molecule has 1 unspecified atom stereocenters. The topological polar surface area (TPSA) is 43.9 Å². The van der Waals surface area contributed by atoms with Crippen LogP contribution in [-0.2, 0) is 9.59 Å². The minimum absolute atomic E-state index is 0.0148. The minimum Gasteiger partial charge on any atom is -0.368 e. The normalized spacial score (nSPS) is 20.0. The molecule has 28 heavy (non-hydrogen) atoms. The first-order valence-electron chi connectivity index (χ1n) is 9.67. The highest BCUT2D eigenvalue weighted by Gasteiger charge is 2.38. The fourth-order valence-electron chi connectivity index (χ4n) is 4.03. The minimum atomic E-state index is -0.281. The van der Waals surface area contributed by atoms with Gasteiger partial charge in [0.05, 0.1) is 5.92 Å². The number of rotatable bonds is 3. The highest BCUT2D eigenvalue weighted by molar-refractivity contribution is 6.31. The lowest BCUT2D eigenvalue weighted by Gasteiger charge is -2.37. The molecule has 6 heteroatoms. The molecule has 2 aliphatic rings. The van der Waals surface area contributed by atoms with E-state index >= 15 is 0 Å². The molecule has 0 bridgehead atoms. The smallest absolute Gasteiger partial charge is 0.228 e. The Hall–Kier alpha value is -2.53. The van der Waals surface area contributed by atoms with Crippen LogP contribution in [0, 0.1) is 12.8 Å². The highest BCUT2D eigenvalue weighted by atomic mass is 35.5. The molecule has 0 aromatic heterocycles. The van der Waals surface area contributed by atoms with E-state index in [-0.39, 0.29) is 24.2 Å². The van der Waals surface area contributed by atoms with Crippen molar-refractivity contribution in [1.29, 1.82) is 0 Å². The van der Waals surface area contributed by atoms with Gasteiger partial charge in [-0.2, -0.15) is 0 Å². The summed E-state index contributed by atoms with van der Waals surface area (Å²) in [5.41, 5.74) is 3.20. The standard InChI is InChI=1S/C22H24ClN3O2/c1-16-4-2-6-19(12-16)24-8-10-25(11-9-24)22(28)17-13-21(27)26(15-17)20-7-3-5-18(23)14-20/h2-7,12,14,17H,8-11,13,15H2,1H3. The van der Waals surface area contributed by atoms with Crippen molar-refractivity contribution in [1.82, 2.24) is 4.90 Å². The van der Waals surface area contributed by atoms with E-state index in [1.54, 1.807) is 17.0 Å². The molecule has 0 saturated carbocycles. The van der Waals surface area contributed by atoms with Crippen LogP contribution in [0.1, 0.15) is 12.0 Å². The van der Waals surface area contributed by atoms with Crippen LogP contribution in [-0.4, -0.2) is 49.4 Å². The lowest BCUT2D eigenvalue weighted by Crippen LogP contribution is -2.50. The number of aryl methyl sites for hydroxylation is 1. The molecule has 0 aliphatic carbocycles. The molecule has 5 nitrogen and oxygen atoms in total. The maximum Gasteiger partial charge on any atom is 0.228 e. The van der Waals surface area contributed by atoms with E-state index in [0.29, 0.717) is 24.7 Å². The van der Waals surface area contributed by atoms with Crippen LogP contribution in [0.4, 0.5) is 11.4 Å². The van der Waals surface area contributed by atoms with E-state index in [2.05, 4.69) is 36.1 Å². The zero-order chi connectivity index (χ0) is 19.7. The van der Waals surface area contributed by atoms with Crippen molar-refractivity contribution in [3.05, 3.63) is 59.1 Å². The largest absolute Gasteiger partial charge is 0.368 e. The van der Waals surface area contributed by atoms with E-state index < -0.39 is 0 Å². The quantitative estimate of drug-likeness (QED) is 0.797. The molecule has 0 N–H and O–H groups in total. The van der Waals surface area contributed by atoms with E-state index in [1.165, 1.54) is 11.3 Å².